The second-order valence-corrected chi connectivity index (χ2v) is 7.92. The molecule has 27 heavy (non-hydrogen) atoms. The van der Waals surface area contributed by atoms with Crippen LogP contribution in [0.5, 0.6) is 0 Å². The van der Waals surface area contributed by atoms with E-state index in [0.29, 0.717) is 45.4 Å². The number of nitrogens with zero attached hydrogens (tertiary/aromatic N) is 5. The molecule has 2 saturated heterocycles. The highest BCUT2D eigenvalue weighted by molar-refractivity contribution is 7.98. The highest BCUT2D eigenvalue weighted by Gasteiger charge is 2.50. The second kappa shape index (κ2) is 7.60. The van der Waals surface area contributed by atoms with Crippen LogP contribution in [-0.4, -0.2) is 49.5 Å². The molecule has 2 aliphatic heterocycles. The number of carbonyl (C=O) groups excluding carboxylic acids is 1. The van der Waals surface area contributed by atoms with E-state index in [1.165, 1.54) is 11.8 Å². The molecule has 2 aliphatic rings. The van der Waals surface area contributed by atoms with Crippen molar-refractivity contribution in [3.8, 4) is 0 Å². The summed E-state index contributed by atoms with van der Waals surface area (Å²) in [4.78, 5) is 31.8. The van der Waals surface area contributed by atoms with E-state index in [1.54, 1.807) is 19.3 Å². The Hall–Kier alpha value is -1.32. The van der Waals surface area contributed by atoms with Crippen LogP contribution >= 0.6 is 35.0 Å². The lowest BCUT2D eigenvalue weighted by atomic mass is 9.94. The average Bonchev–Trinajstić information content (AvgIpc) is 3.02. The first-order chi connectivity index (χ1) is 13.0. The molecule has 4 heterocycles. The fourth-order valence-electron chi connectivity index (χ4n) is 3.56. The first-order valence-corrected chi connectivity index (χ1v) is 10.5. The highest BCUT2D eigenvalue weighted by Crippen LogP contribution is 2.47. The number of ketones is 1. The van der Waals surface area contributed by atoms with Crippen molar-refractivity contribution in [2.45, 2.75) is 43.3 Å². The topological polar surface area (TPSA) is 81.1 Å². The van der Waals surface area contributed by atoms with E-state index in [4.69, 9.17) is 27.9 Å². The van der Waals surface area contributed by atoms with E-state index in [0.717, 1.165) is 6.42 Å². The summed E-state index contributed by atoms with van der Waals surface area (Å²) >= 11 is 14.1. The van der Waals surface area contributed by atoms with Gasteiger partial charge in [0.25, 0.3) is 0 Å². The molecule has 0 aliphatic carbocycles. The van der Waals surface area contributed by atoms with Gasteiger partial charge in [0.2, 0.25) is 0 Å². The fraction of sp³-hybridized carbons (Fsp3) is 0.471. The van der Waals surface area contributed by atoms with Gasteiger partial charge < -0.3 is 4.74 Å². The SMILES string of the molecule is CSc1ncc(C2OC(c3cnc(C)nc3Cl)N3CCCC(=O)C23)c(Cl)n1. The molecule has 0 spiro atoms. The zero-order valence-corrected chi connectivity index (χ0v) is 17.1. The molecule has 142 valence electrons. The van der Waals surface area contributed by atoms with Gasteiger partial charge in [-0.15, -0.1) is 0 Å². The minimum atomic E-state index is -0.566. The summed E-state index contributed by atoms with van der Waals surface area (Å²) in [5.41, 5.74) is 1.24. The van der Waals surface area contributed by atoms with Crippen molar-refractivity contribution < 1.29 is 9.53 Å². The molecule has 0 amide bonds. The molecular formula is C17H17Cl2N5O2S. The largest absolute Gasteiger partial charge is 0.348 e. The number of hydrogen-bond donors (Lipinski definition) is 0. The van der Waals surface area contributed by atoms with Crippen molar-refractivity contribution in [3.63, 3.8) is 0 Å². The number of Topliss-reactive ketones (excluding diaryl/α,β-unsaturated/α-hetero) is 1. The molecular weight excluding hydrogens is 409 g/mol. The van der Waals surface area contributed by atoms with Crippen LogP contribution in [0.1, 0.15) is 42.1 Å². The minimum Gasteiger partial charge on any atom is -0.348 e. The number of halogens is 2. The van der Waals surface area contributed by atoms with Gasteiger partial charge in [0.1, 0.15) is 34.5 Å². The van der Waals surface area contributed by atoms with E-state index in [-0.39, 0.29) is 5.78 Å². The Balaban J connectivity index is 1.75. The third-order valence-electron chi connectivity index (χ3n) is 4.78. The molecule has 0 radical (unpaired) electrons. The number of ether oxygens (including phenoxy) is 1. The van der Waals surface area contributed by atoms with Crippen LogP contribution in [0.2, 0.25) is 10.3 Å². The molecule has 0 aromatic carbocycles. The van der Waals surface area contributed by atoms with Crippen LogP contribution in [0.25, 0.3) is 0 Å². The number of hydrogen-bond acceptors (Lipinski definition) is 8. The molecule has 7 nitrogen and oxygen atoms in total. The first-order valence-electron chi connectivity index (χ1n) is 8.49. The Morgan fingerprint density at radius 1 is 1.19 bits per heavy atom. The van der Waals surface area contributed by atoms with Crippen LogP contribution in [0.4, 0.5) is 0 Å². The number of thioether (sulfide) groups is 1. The number of carbonyl (C=O) groups is 1. The van der Waals surface area contributed by atoms with E-state index in [1.807, 2.05) is 11.2 Å². The van der Waals surface area contributed by atoms with Gasteiger partial charge in [-0.05, 0) is 19.6 Å². The number of rotatable bonds is 3. The minimum absolute atomic E-state index is 0.114. The number of piperidine rings is 1. The lowest BCUT2D eigenvalue weighted by Gasteiger charge is -2.31. The number of aromatic nitrogens is 4. The molecule has 3 atom stereocenters. The molecule has 0 bridgehead atoms. The molecule has 2 aromatic rings. The summed E-state index contributed by atoms with van der Waals surface area (Å²) in [6, 6.07) is -0.456. The summed E-state index contributed by atoms with van der Waals surface area (Å²) in [6.07, 6.45) is 5.36. The van der Waals surface area contributed by atoms with Crippen molar-refractivity contribution in [2.24, 2.45) is 0 Å². The Morgan fingerprint density at radius 2 is 1.93 bits per heavy atom. The van der Waals surface area contributed by atoms with Gasteiger partial charge in [0.15, 0.2) is 10.9 Å². The monoisotopic (exact) mass is 425 g/mol. The summed E-state index contributed by atoms with van der Waals surface area (Å²) in [7, 11) is 0. The molecule has 0 N–H and O–H groups in total. The molecule has 3 unspecified atom stereocenters. The maximum atomic E-state index is 12.7. The molecule has 4 rings (SSSR count). The smallest absolute Gasteiger partial charge is 0.188 e. The fourth-order valence-corrected chi connectivity index (χ4v) is 4.45. The van der Waals surface area contributed by atoms with Gasteiger partial charge in [0, 0.05) is 30.9 Å². The third kappa shape index (κ3) is 3.45. The van der Waals surface area contributed by atoms with Crippen molar-refractivity contribution >= 4 is 40.7 Å². The van der Waals surface area contributed by atoms with Gasteiger partial charge >= 0.3 is 0 Å². The maximum Gasteiger partial charge on any atom is 0.188 e. The van der Waals surface area contributed by atoms with Crippen molar-refractivity contribution in [1.82, 2.24) is 24.8 Å². The van der Waals surface area contributed by atoms with Crippen molar-refractivity contribution in [3.05, 3.63) is 39.7 Å². The number of fused-ring (bicyclic) bond motifs is 1. The molecule has 0 saturated carbocycles. The average molecular weight is 426 g/mol. The summed E-state index contributed by atoms with van der Waals surface area (Å²) in [6.45, 7) is 2.48. The predicted octanol–water partition coefficient (Wildman–Crippen LogP) is 3.41. The first kappa shape index (κ1) is 19.0. The Labute approximate surface area is 170 Å². The van der Waals surface area contributed by atoms with Crippen LogP contribution in [0.15, 0.2) is 17.6 Å². The van der Waals surface area contributed by atoms with Gasteiger partial charge in [-0.25, -0.2) is 19.9 Å². The summed E-state index contributed by atoms with van der Waals surface area (Å²) < 4.78 is 6.30. The van der Waals surface area contributed by atoms with E-state index < -0.39 is 18.4 Å². The standard InChI is InChI=1S/C17H17Cl2N5O2S/c1-8-20-7-10(15(19)22-8)16-24-5-3-4-11(25)12(24)13(26-16)9-6-21-17(27-2)23-14(9)18/h6-7,12-13,16H,3-5H2,1-2H3. The van der Waals surface area contributed by atoms with Crippen LogP contribution < -0.4 is 0 Å². The molecule has 10 heteroatoms. The summed E-state index contributed by atoms with van der Waals surface area (Å²) in [5.74, 6) is 0.691. The van der Waals surface area contributed by atoms with E-state index in [9.17, 15) is 4.79 Å². The van der Waals surface area contributed by atoms with Gasteiger partial charge in [-0.3, -0.25) is 9.69 Å². The van der Waals surface area contributed by atoms with Crippen LogP contribution in [-0.2, 0) is 9.53 Å². The lowest BCUT2D eigenvalue weighted by Crippen LogP contribution is -2.44. The van der Waals surface area contributed by atoms with Gasteiger partial charge in [0.05, 0.1) is 5.56 Å². The predicted molar refractivity (Wildman–Crippen MR) is 102 cm³/mol. The molecule has 2 aromatic heterocycles. The normalized spacial score (nSPS) is 25.6. The van der Waals surface area contributed by atoms with Crippen LogP contribution in [0, 0.1) is 6.92 Å². The summed E-state index contributed by atoms with van der Waals surface area (Å²) in [5, 5.41) is 1.19. The second-order valence-electron chi connectivity index (χ2n) is 6.43. The van der Waals surface area contributed by atoms with E-state index >= 15 is 0 Å². The number of aryl methyl sites for hydroxylation is 1. The third-order valence-corrected chi connectivity index (χ3v) is 5.95. The lowest BCUT2D eigenvalue weighted by molar-refractivity contribution is -0.126. The Kier molecular flexibility index (Phi) is 5.35. The highest BCUT2D eigenvalue weighted by atomic mass is 35.5. The van der Waals surface area contributed by atoms with Gasteiger partial charge in [-0.1, -0.05) is 35.0 Å². The zero-order chi connectivity index (χ0) is 19.1. The Bertz CT molecular complexity index is 900. The van der Waals surface area contributed by atoms with Crippen molar-refractivity contribution in [1.29, 1.82) is 0 Å². The van der Waals surface area contributed by atoms with Crippen LogP contribution in [0.3, 0.4) is 0 Å². The van der Waals surface area contributed by atoms with Crippen molar-refractivity contribution in [2.75, 3.05) is 12.8 Å². The van der Waals surface area contributed by atoms with E-state index in [2.05, 4.69) is 19.9 Å². The molecule has 2 fully saturated rings. The quantitative estimate of drug-likeness (QED) is 0.420. The maximum absolute atomic E-state index is 12.7. The zero-order valence-electron chi connectivity index (χ0n) is 14.7. The Morgan fingerprint density at radius 3 is 2.63 bits per heavy atom. The van der Waals surface area contributed by atoms with Gasteiger partial charge in [-0.2, -0.15) is 0 Å².